The largest absolute Gasteiger partial charge is 0.351 e. The summed E-state index contributed by atoms with van der Waals surface area (Å²) in [5.74, 6) is -1.47. The molecule has 0 aromatic heterocycles. The number of hydrogen-bond donors (Lipinski definition) is 4. The summed E-state index contributed by atoms with van der Waals surface area (Å²) in [5, 5.41) is 11.3. The number of hydrogen-bond acceptors (Lipinski definition) is 5. The van der Waals surface area contributed by atoms with Crippen LogP contribution in [0.25, 0.3) is 0 Å². The summed E-state index contributed by atoms with van der Waals surface area (Å²) >= 11 is 0. The zero-order valence-electron chi connectivity index (χ0n) is 23.3. The fourth-order valence-corrected chi connectivity index (χ4v) is 4.42. The minimum Gasteiger partial charge on any atom is -0.351 e. The van der Waals surface area contributed by atoms with E-state index in [4.69, 9.17) is 0 Å². The maximum Gasteiger partial charge on any atom is 0.243 e. The van der Waals surface area contributed by atoms with Gasteiger partial charge in [-0.3, -0.25) is 19.2 Å². The topological polar surface area (TPSA) is 120 Å². The van der Waals surface area contributed by atoms with Gasteiger partial charge in [-0.15, -0.1) is 0 Å². The third-order valence-corrected chi connectivity index (χ3v) is 6.63. The second kappa shape index (κ2) is 18.1. The van der Waals surface area contributed by atoms with Crippen molar-refractivity contribution < 1.29 is 19.2 Å². The van der Waals surface area contributed by atoms with Crippen molar-refractivity contribution in [1.29, 1.82) is 0 Å². The molecule has 0 bridgehead atoms. The molecule has 0 saturated carbocycles. The Bertz CT molecular complexity index is 683. The molecule has 2 unspecified atom stereocenters. The van der Waals surface area contributed by atoms with E-state index in [1.807, 2.05) is 27.9 Å². The lowest BCUT2D eigenvalue weighted by molar-refractivity contribution is -0.133. The van der Waals surface area contributed by atoms with Crippen LogP contribution in [0.1, 0.15) is 97.8 Å². The van der Waals surface area contributed by atoms with Gasteiger partial charge in [-0.05, 0) is 52.2 Å². The molecule has 1 fully saturated rings. The highest BCUT2D eigenvalue weighted by Gasteiger charge is 2.30. The van der Waals surface area contributed by atoms with Crippen molar-refractivity contribution in [2.24, 2.45) is 5.92 Å². The van der Waals surface area contributed by atoms with Crippen LogP contribution in [0.4, 0.5) is 0 Å². The second-order valence-electron chi connectivity index (χ2n) is 10.7. The molecule has 208 valence electrons. The Morgan fingerprint density at radius 3 is 2.06 bits per heavy atom. The van der Waals surface area contributed by atoms with Crippen molar-refractivity contribution in [3.8, 4) is 0 Å². The number of nitrogens with one attached hydrogen (secondary N) is 4. The van der Waals surface area contributed by atoms with Gasteiger partial charge in [-0.2, -0.15) is 0 Å². The summed E-state index contributed by atoms with van der Waals surface area (Å²) < 4.78 is 0. The van der Waals surface area contributed by atoms with Crippen LogP contribution in [-0.4, -0.2) is 73.8 Å². The molecule has 0 radical (unpaired) electrons. The molecule has 4 N–H and O–H groups in total. The van der Waals surface area contributed by atoms with Crippen molar-refractivity contribution in [2.75, 3.05) is 27.2 Å². The zero-order chi connectivity index (χ0) is 26.9. The van der Waals surface area contributed by atoms with Crippen molar-refractivity contribution in [3.63, 3.8) is 0 Å². The summed E-state index contributed by atoms with van der Waals surface area (Å²) in [6.45, 7) is 6.65. The molecule has 9 heteroatoms. The minimum absolute atomic E-state index is 0.113. The van der Waals surface area contributed by atoms with Crippen molar-refractivity contribution in [1.82, 2.24) is 26.2 Å². The van der Waals surface area contributed by atoms with E-state index in [1.165, 1.54) is 25.7 Å². The molecule has 0 aliphatic carbocycles. The van der Waals surface area contributed by atoms with E-state index in [1.54, 1.807) is 0 Å². The van der Waals surface area contributed by atoms with E-state index in [2.05, 4.69) is 33.1 Å². The van der Waals surface area contributed by atoms with Crippen LogP contribution < -0.4 is 21.3 Å². The molecule has 3 atom stereocenters. The average molecular weight is 510 g/mol. The molecule has 36 heavy (non-hydrogen) atoms. The minimum atomic E-state index is -0.755. The normalized spacial score (nSPS) is 22.2. The summed E-state index contributed by atoms with van der Waals surface area (Å²) in [6, 6.07) is -1.83. The molecule has 1 saturated heterocycles. The van der Waals surface area contributed by atoms with Crippen LogP contribution in [0.15, 0.2) is 0 Å². The SMILES string of the molecule is CCCCCCCCCC1CC(=O)NCC(=O)N[C@@H](CCCCN(C)C)C(=O)NC(C(C)C)C(=O)N1. The first-order valence-corrected chi connectivity index (χ1v) is 14.0. The van der Waals surface area contributed by atoms with Crippen LogP contribution in [-0.2, 0) is 19.2 Å². The summed E-state index contributed by atoms with van der Waals surface area (Å²) in [5.41, 5.74) is 0. The van der Waals surface area contributed by atoms with Gasteiger partial charge in [0.15, 0.2) is 0 Å². The molecule has 1 aliphatic heterocycles. The maximum atomic E-state index is 13.2. The van der Waals surface area contributed by atoms with Crippen LogP contribution in [0.5, 0.6) is 0 Å². The van der Waals surface area contributed by atoms with E-state index in [-0.39, 0.29) is 42.6 Å². The number of amides is 4. The summed E-state index contributed by atoms with van der Waals surface area (Å²) in [7, 11) is 3.98. The second-order valence-corrected chi connectivity index (χ2v) is 10.7. The highest BCUT2D eigenvalue weighted by Crippen LogP contribution is 2.13. The average Bonchev–Trinajstić information content (AvgIpc) is 2.81. The van der Waals surface area contributed by atoms with Crippen LogP contribution in [0.3, 0.4) is 0 Å². The molecule has 0 aromatic rings. The lowest BCUT2D eigenvalue weighted by Crippen LogP contribution is -2.56. The van der Waals surface area contributed by atoms with E-state index in [0.717, 1.165) is 38.6 Å². The fraction of sp³-hybridized carbons (Fsp3) is 0.852. The lowest BCUT2D eigenvalue weighted by Gasteiger charge is -2.27. The van der Waals surface area contributed by atoms with Gasteiger partial charge in [0.2, 0.25) is 23.6 Å². The molecular formula is C27H51N5O4. The Kier molecular flexibility index (Phi) is 16.1. The van der Waals surface area contributed by atoms with Gasteiger partial charge in [-0.25, -0.2) is 0 Å². The Morgan fingerprint density at radius 1 is 0.778 bits per heavy atom. The molecule has 1 rings (SSSR count). The predicted molar refractivity (Wildman–Crippen MR) is 143 cm³/mol. The van der Waals surface area contributed by atoms with Crippen LogP contribution in [0, 0.1) is 5.92 Å². The van der Waals surface area contributed by atoms with Crippen LogP contribution >= 0.6 is 0 Å². The summed E-state index contributed by atoms with van der Waals surface area (Å²) in [4.78, 5) is 53.4. The Morgan fingerprint density at radius 2 is 1.42 bits per heavy atom. The highest BCUT2D eigenvalue weighted by molar-refractivity contribution is 5.94. The van der Waals surface area contributed by atoms with Gasteiger partial charge < -0.3 is 26.2 Å². The first-order valence-electron chi connectivity index (χ1n) is 14.0. The van der Waals surface area contributed by atoms with Gasteiger partial charge in [0.1, 0.15) is 12.1 Å². The first kappa shape index (κ1) is 31.9. The zero-order valence-corrected chi connectivity index (χ0v) is 23.3. The van der Waals surface area contributed by atoms with E-state index >= 15 is 0 Å². The molecule has 0 spiro atoms. The Hall–Kier alpha value is -2.16. The fourth-order valence-electron chi connectivity index (χ4n) is 4.42. The number of carbonyl (C=O) groups excluding carboxylic acids is 4. The molecule has 9 nitrogen and oxygen atoms in total. The number of unbranched alkanes of at least 4 members (excludes halogenated alkanes) is 7. The van der Waals surface area contributed by atoms with Gasteiger partial charge in [0, 0.05) is 12.5 Å². The molecule has 1 aliphatic rings. The van der Waals surface area contributed by atoms with Gasteiger partial charge in [0.05, 0.1) is 6.54 Å². The number of rotatable bonds is 14. The highest BCUT2D eigenvalue weighted by atomic mass is 16.2. The number of carbonyl (C=O) groups is 4. The standard InChI is InChI=1S/C27H51N5O4/c1-6-7-8-9-10-11-12-15-21-18-23(33)28-19-24(34)30-22(16-13-14-17-32(4)5)26(35)31-25(20(2)3)27(36)29-21/h20-22,25H,6-19H2,1-5H3,(H,28,33)(H,29,36)(H,30,34)(H,31,35)/t21?,22-,25?/m0/s1. The molecule has 0 aromatic carbocycles. The number of nitrogens with zero attached hydrogens (tertiary/aromatic N) is 1. The Balaban J connectivity index is 2.86. The quantitative estimate of drug-likeness (QED) is 0.268. The van der Waals surface area contributed by atoms with Gasteiger partial charge in [-0.1, -0.05) is 65.7 Å². The summed E-state index contributed by atoms with van der Waals surface area (Å²) in [6.07, 6.45) is 10.9. The molecule has 1 heterocycles. The maximum absolute atomic E-state index is 13.2. The van der Waals surface area contributed by atoms with E-state index in [9.17, 15) is 19.2 Å². The lowest BCUT2D eigenvalue weighted by atomic mass is 9.99. The van der Waals surface area contributed by atoms with Crippen molar-refractivity contribution >= 4 is 23.6 Å². The van der Waals surface area contributed by atoms with Crippen molar-refractivity contribution in [3.05, 3.63) is 0 Å². The van der Waals surface area contributed by atoms with Crippen molar-refractivity contribution in [2.45, 2.75) is 116 Å². The van der Waals surface area contributed by atoms with Gasteiger partial charge in [0.25, 0.3) is 0 Å². The third-order valence-electron chi connectivity index (χ3n) is 6.63. The first-order chi connectivity index (χ1) is 17.1. The predicted octanol–water partition coefficient (Wildman–Crippen LogP) is 2.49. The molecular weight excluding hydrogens is 458 g/mol. The third kappa shape index (κ3) is 13.8. The Labute approximate surface area is 218 Å². The van der Waals surface area contributed by atoms with E-state index < -0.39 is 18.0 Å². The van der Waals surface area contributed by atoms with Gasteiger partial charge >= 0.3 is 0 Å². The monoisotopic (exact) mass is 509 g/mol. The van der Waals surface area contributed by atoms with Crippen LogP contribution in [0.2, 0.25) is 0 Å². The smallest absolute Gasteiger partial charge is 0.243 e. The molecule has 4 amide bonds. The van der Waals surface area contributed by atoms with E-state index in [0.29, 0.717) is 12.8 Å².